The summed E-state index contributed by atoms with van der Waals surface area (Å²) in [7, 11) is 0. The van der Waals surface area contributed by atoms with Gasteiger partial charge in [-0.15, -0.1) is 0 Å². The molecule has 1 aromatic rings. The van der Waals surface area contributed by atoms with Gasteiger partial charge >= 0.3 is 0 Å². The molecule has 1 atom stereocenters. The Hall–Kier alpha value is -1.16. The number of halogens is 2. The van der Waals surface area contributed by atoms with Crippen LogP contribution in [-0.2, 0) is 12.0 Å². The lowest BCUT2D eigenvalue weighted by Crippen LogP contribution is -2.35. The molecule has 1 N–H and O–H groups in total. The smallest absolute Gasteiger partial charge is 0.134 e. The lowest BCUT2D eigenvalue weighted by atomic mass is 9.86. The van der Waals surface area contributed by atoms with Crippen LogP contribution in [0.15, 0.2) is 6.07 Å². The fraction of sp³-hybridized carbons (Fsp3) is 0.571. The summed E-state index contributed by atoms with van der Waals surface area (Å²) in [5.74, 6) is -0.534. The van der Waals surface area contributed by atoms with Crippen molar-refractivity contribution in [2.75, 3.05) is 13.2 Å². The van der Waals surface area contributed by atoms with E-state index in [4.69, 9.17) is 4.74 Å². The first-order valence-corrected chi connectivity index (χ1v) is 6.51. The van der Waals surface area contributed by atoms with Crippen molar-refractivity contribution in [1.82, 2.24) is 5.32 Å². The largest absolute Gasteiger partial charge is 0.493 e. The second kappa shape index (κ2) is 4.19. The Kier molecular flexibility index (Phi) is 2.77. The molecule has 1 fully saturated rings. The summed E-state index contributed by atoms with van der Waals surface area (Å²) >= 11 is 0. The van der Waals surface area contributed by atoms with Crippen molar-refractivity contribution in [3.63, 3.8) is 0 Å². The summed E-state index contributed by atoms with van der Waals surface area (Å²) in [4.78, 5) is 0. The zero-order valence-electron chi connectivity index (χ0n) is 10.5. The minimum Gasteiger partial charge on any atom is -0.493 e. The average Bonchev–Trinajstić information content (AvgIpc) is 2.77. The summed E-state index contributed by atoms with van der Waals surface area (Å²) in [6.07, 6.45) is 3.27. The number of fused-ring (bicyclic) bond motifs is 1. The zero-order valence-corrected chi connectivity index (χ0v) is 10.5. The number of hydrogen-bond donors (Lipinski definition) is 1. The fourth-order valence-electron chi connectivity index (χ4n) is 3.08. The van der Waals surface area contributed by atoms with E-state index < -0.39 is 17.2 Å². The molecule has 0 spiro atoms. The van der Waals surface area contributed by atoms with Crippen LogP contribution >= 0.6 is 0 Å². The van der Waals surface area contributed by atoms with Crippen LogP contribution in [0.25, 0.3) is 0 Å². The second-order valence-electron chi connectivity index (χ2n) is 5.34. The maximum atomic E-state index is 14.2. The minimum absolute atomic E-state index is 0.431. The molecule has 2 heterocycles. The topological polar surface area (TPSA) is 21.3 Å². The van der Waals surface area contributed by atoms with Gasteiger partial charge in [0.05, 0.1) is 12.2 Å². The number of hydrogen-bond acceptors (Lipinski definition) is 2. The lowest BCUT2D eigenvalue weighted by molar-refractivity contribution is 0.265. The van der Waals surface area contributed by atoms with Crippen molar-refractivity contribution < 1.29 is 13.5 Å². The average molecular weight is 253 g/mol. The van der Waals surface area contributed by atoms with E-state index in [9.17, 15) is 8.78 Å². The van der Waals surface area contributed by atoms with E-state index in [0.29, 0.717) is 29.9 Å². The van der Waals surface area contributed by atoms with Crippen LogP contribution in [0.1, 0.15) is 37.3 Å². The Morgan fingerprint density at radius 1 is 1.28 bits per heavy atom. The molecule has 0 radical (unpaired) electrons. The second-order valence-corrected chi connectivity index (χ2v) is 5.34. The number of ether oxygens (including phenoxy) is 1. The van der Waals surface area contributed by atoms with E-state index in [1.165, 1.54) is 0 Å². The van der Waals surface area contributed by atoms with E-state index in [-0.39, 0.29) is 0 Å². The third-order valence-corrected chi connectivity index (χ3v) is 4.02. The highest BCUT2D eigenvalue weighted by Crippen LogP contribution is 2.42. The molecule has 1 saturated heterocycles. The van der Waals surface area contributed by atoms with Crippen molar-refractivity contribution in [1.29, 1.82) is 0 Å². The SMILES string of the molecule is CC1(c2c(F)cc(F)c3c2OCCC3)CCCN1. The predicted molar refractivity (Wildman–Crippen MR) is 64.8 cm³/mol. The maximum Gasteiger partial charge on any atom is 0.134 e. The van der Waals surface area contributed by atoms with Gasteiger partial charge in [0.1, 0.15) is 17.4 Å². The van der Waals surface area contributed by atoms with Crippen LogP contribution in [0.2, 0.25) is 0 Å². The van der Waals surface area contributed by atoms with Crippen molar-refractivity contribution >= 4 is 0 Å². The van der Waals surface area contributed by atoms with E-state index >= 15 is 0 Å². The Labute approximate surface area is 105 Å². The molecule has 2 nitrogen and oxygen atoms in total. The molecule has 0 aromatic heterocycles. The van der Waals surface area contributed by atoms with Crippen molar-refractivity contribution in [2.45, 2.75) is 38.1 Å². The molecule has 0 saturated carbocycles. The molecular weight excluding hydrogens is 236 g/mol. The third kappa shape index (κ3) is 1.70. The molecule has 18 heavy (non-hydrogen) atoms. The van der Waals surface area contributed by atoms with Crippen LogP contribution < -0.4 is 10.1 Å². The zero-order chi connectivity index (χ0) is 12.8. The highest BCUT2D eigenvalue weighted by atomic mass is 19.1. The molecule has 98 valence electrons. The molecule has 1 unspecified atom stereocenters. The maximum absolute atomic E-state index is 14.2. The lowest BCUT2D eigenvalue weighted by Gasteiger charge is -2.31. The van der Waals surface area contributed by atoms with Gasteiger partial charge < -0.3 is 10.1 Å². The summed E-state index contributed by atoms with van der Waals surface area (Å²) < 4.78 is 33.5. The Bertz CT molecular complexity index is 481. The summed E-state index contributed by atoms with van der Waals surface area (Å²) in [6, 6.07) is 1.01. The quantitative estimate of drug-likeness (QED) is 0.831. The number of rotatable bonds is 1. The van der Waals surface area contributed by atoms with Gasteiger partial charge in [-0.3, -0.25) is 0 Å². The van der Waals surface area contributed by atoms with Gasteiger partial charge in [-0.25, -0.2) is 8.78 Å². The molecule has 2 aliphatic heterocycles. The molecule has 1 aromatic carbocycles. The minimum atomic E-state index is -0.495. The van der Waals surface area contributed by atoms with Gasteiger partial charge in [0.15, 0.2) is 0 Å². The summed E-state index contributed by atoms with van der Waals surface area (Å²) in [5, 5.41) is 3.32. The van der Waals surface area contributed by atoms with Gasteiger partial charge in [0.25, 0.3) is 0 Å². The van der Waals surface area contributed by atoms with Crippen LogP contribution in [0.4, 0.5) is 8.78 Å². The van der Waals surface area contributed by atoms with Crippen molar-refractivity contribution in [3.05, 3.63) is 28.8 Å². The van der Waals surface area contributed by atoms with Crippen molar-refractivity contribution in [2.24, 2.45) is 0 Å². The van der Waals surface area contributed by atoms with E-state index in [1.807, 2.05) is 6.92 Å². The van der Waals surface area contributed by atoms with Gasteiger partial charge in [0, 0.05) is 17.2 Å². The first-order chi connectivity index (χ1) is 8.62. The first-order valence-electron chi connectivity index (χ1n) is 6.51. The van der Waals surface area contributed by atoms with E-state index in [2.05, 4.69) is 5.32 Å². The highest BCUT2D eigenvalue weighted by molar-refractivity contribution is 5.48. The predicted octanol–water partition coefficient (Wildman–Crippen LogP) is 2.89. The fourth-order valence-corrected chi connectivity index (χ4v) is 3.08. The van der Waals surface area contributed by atoms with Gasteiger partial charge in [-0.05, 0) is 39.2 Å². The van der Waals surface area contributed by atoms with Crippen LogP contribution in [0, 0.1) is 11.6 Å². The third-order valence-electron chi connectivity index (χ3n) is 4.02. The molecule has 0 aliphatic carbocycles. The first kappa shape index (κ1) is 11.9. The van der Waals surface area contributed by atoms with Gasteiger partial charge in [-0.2, -0.15) is 0 Å². The van der Waals surface area contributed by atoms with Crippen LogP contribution in [0.3, 0.4) is 0 Å². The van der Waals surface area contributed by atoms with E-state index in [1.54, 1.807) is 0 Å². The summed E-state index contributed by atoms with van der Waals surface area (Å²) in [6.45, 7) is 3.37. The molecule has 4 heteroatoms. The van der Waals surface area contributed by atoms with Crippen LogP contribution in [0.5, 0.6) is 5.75 Å². The molecule has 2 aliphatic rings. The van der Waals surface area contributed by atoms with E-state index in [0.717, 1.165) is 31.9 Å². The Morgan fingerprint density at radius 3 is 2.83 bits per heavy atom. The summed E-state index contributed by atoms with van der Waals surface area (Å²) in [5.41, 5.74) is 0.614. The normalized spacial score (nSPS) is 26.8. The molecule has 0 amide bonds. The highest BCUT2D eigenvalue weighted by Gasteiger charge is 2.38. The molecule has 3 rings (SSSR count). The molecule has 0 bridgehead atoms. The Balaban J connectivity index is 2.19. The van der Waals surface area contributed by atoms with Gasteiger partial charge in [0.2, 0.25) is 0 Å². The molecular formula is C14H17F2NO. The monoisotopic (exact) mass is 253 g/mol. The number of benzene rings is 1. The number of nitrogens with one attached hydrogen (secondary N) is 1. The Morgan fingerprint density at radius 2 is 2.11 bits per heavy atom. The van der Waals surface area contributed by atoms with Crippen LogP contribution in [-0.4, -0.2) is 13.2 Å². The standard InChI is InChI=1S/C14H17F2NO/c1-14(5-3-6-17-14)12-11(16)8-10(15)9-4-2-7-18-13(9)12/h8,17H,2-7H2,1H3. The van der Waals surface area contributed by atoms with Gasteiger partial charge in [-0.1, -0.05) is 0 Å². The van der Waals surface area contributed by atoms with Crippen molar-refractivity contribution in [3.8, 4) is 5.75 Å².